The van der Waals surface area contributed by atoms with Crippen LogP contribution in [0.3, 0.4) is 0 Å². The van der Waals surface area contributed by atoms with Gasteiger partial charge in [-0.15, -0.1) is 0 Å². The van der Waals surface area contributed by atoms with Crippen molar-refractivity contribution in [1.82, 2.24) is 19.9 Å². The molecule has 23 heavy (non-hydrogen) atoms. The molecule has 2 aromatic heterocycles. The zero-order valence-electron chi connectivity index (χ0n) is 14.0. The molecule has 0 saturated carbocycles. The van der Waals surface area contributed by atoms with Crippen molar-refractivity contribution in [2.75, 3.05) is 25.5 Å². The highest BCUT2D eigenvalue weighted by atomic mass is 15.1. The topological polar surface area (TPSA) is 53.9 Å². The van der Waals surface area contributed by atoms with Gasteiger partial charge in [-0.3, -0.25) is 14.9 Å². The summed E-state index contributed by atoms with van der Waals surface area (Å²) < 4.78 is 0. The number of hydrogen-bond acceptors (Lipinski definition) is 5. The first-order chi connectivity index (χ1) is 11.2. The van der Waals surface area contributed by atoms with Gasteiger partial charge in [0.25, 0.3) is 0 Å². The zero-order chi connectivity index (χ0) is 16.1. The number of anilines is 1. The first kappa shape index (κ1) is 15.9. The smallest absolute Gasteiger partial charge is 0.147 e. The van der Waals surface area contributed by atoms with Gasteiger partial charge in [-0.25, -0.2) is 4.98 Å². The number of pyridine rings is 1. The van der Waals surface area contributed by atoms with Crippen molar-refractivity contribution in [2.45, 2.75) is 32.7 Å². The van der Waals surface area contributed by atoms with Gasteiger partial charge >= 0.3 is 0 Å². The summed E-state index contributed by atoms with van der Waals surface area (Å²) in [6.45, 7) is 5.31. The third kappa shape index (κ3) is 4.26. The van der Waals surface area contributed by atoms with Crippen molar-refractivity contribution in [3.8, 4) is 0 Å². The largest absolute Gasteiger partial charge is 0.372 e. The highest BCUT2D eigenvalue weighted by Gasteiger charge is 2.22. The molecule has 1 unspecified atom stereocenters. The van der Waals surface area contributed by atoms with Crippen molar-refractivity contribution in [3.05, 3.63) is 47.7 Å². The SMILES string of the molecule is CNc1nccnc1CC1CCCN(Cc2ccc(C)nc2)C1. The molecule has 1 fully saturated rings. The minimum absolute atomic E-state index is 0.644. The Hall–Kier alpha value is -2.01. The summed E-state index contributed by atoms with van der Waals surface area (Å²) >= 11 is 0. The molecule has 1 aliphatic heterocycles. The van der Waals surface area contributed by atoms with Crippen LogP contribution in [0.1, 0.15) is 29.8 Å². The minimum Gasteiger partial charge on any atom is -0.372 e. The molecular weight excluding hydrogens is 286 g/mol. The van der Waals surface area contributed by atoms with Crippen LogP contribution in [0.5, 0.6) is 0 Å². The van der Waals surface area contributed by atoms with Crippen LogP contribution >= 0.6 is 0 Å². The second-order valence-corrected chi connectivity index (χ2v) is 6.36. The molecule has 5 nitrogen and oxygen atoms in total. The van der Waals surface area contributed by atoms with E-state index in [9.17, 15) is 0 Å². The van der Waals surface area contributed by atoms with E-state index >= 15 is 0 Å². The molecule has 1 aliphatic rings. The van der Waals surface area contributed by atoms with Crippen LogP contribution in [-0.2, 0) is 13.0 Å². The second kappa shape index (κ2) is 7.51. The quantitative estimate of drug-likeness (QED) is 0.920. The lowest BCUT2D eigenvalue weighted by Crippen LogP contribution is -2.36. The average molecular weight is 311 g/mol. The van der Waals surface area contributed by atoms with Crippen LogP contribution in [0, 0.1) is 12.8 Å². The summed E-state index contributed by atoms with van der Waals surface area (Å²) in [5.41, 5.74) is 3.46. The summed E-state index contributed by atoms with van der Waals surface area (Å²) in [4.78, 5) is 15.8. The summed E-state index contributed by atoms with van der Waals surface area (Å²) in [6.07, 6.45) is 9.04. The molecule has 0 radical (unpaired) electrons. The van der Waals surface area contributed by atoms with Gasteiger partial charge in [-0.1, -0.05) is 6.07 Å². The molecule has 1 atom stereocenters. The third-order valence-electron chi connectivity index (χ3n) is 4.47. The Bertz CT molecular complexity index is 626. The van der Waals surface area contributed by atoms with Crippen molar-refractivity contribution in [3.63, 3.8) is 0 Å². The number of likely N-dealkylation sites (tertiary alicyclic amines) is 1. The van der Waals surface area contributed by atoms with Crippen molar-refractivity contribution < 1.29 is 0 Å². The predicted octanol–water partition coefficient (Wildman–Crippen LogP) is 2.68. The molecule has 122 valence electrons. The molecule has 0 aliphatic carbocycles. The Morgan fingerprint density at radius 1 is 1.22 bits per heavy atom. The van der Waals surface area contributed by atoms with Crippen molar-refractivity contribution in [2.24, 2.45) is 5.92 Å². The molecule has 0 amide bonds. The third-order valence-corrected chi connectivity index (χ3v) is 4.47. The molecule has 0 spiro atoms. The monoisotopic (exact) mass is 311 g/mol. The number of nitrogens with one attached hydrogen (secondary N) is 1. The minimum atomic E-state index is 0.644. The molecule has 3 heterocycles. The molecule has 0 aromatic carbocycles. The van der Waals surface area contributed by atoms with Gasteiger partial charge in [-0.2, -0.15) is 0 Å². The Labute approximate surface area is 138 Å². The van der Waals surface area contributed by atoms with E-state index in [1.165, 1.54) is 24.9 Å². The van der Waals surface area contributed by atoms with E-state index in [0.29, 0.717) is 5.92 Å². The first-order valence-electron chi connectivity index (χ1n) is 8.36. The molecule has 5 heteroatoms. The Kier molecular flexibility index (Phi) is 5.18. The van der Waals surface area contributed by atoms with Gasteiger partial charge < -0.3 is 5.32 Å². The molecule has 2 aromatic rings. The summed E-state index contributed by atoms with van der Waals surface area (Å²) in [5, 5.41) is 3.15. The van der Waals surface area contributed by atoms with E-state index in [1.54, 1.807) is 12.4 Å². The van der Waals surface area contributed by atoms with E-state index in [4.69, 9.17) is 0 Å². The number of aryl methyl sites for hydroxylation is 1. The molecule has 1 saturated heterocycles. The average Bonchev–Trinajstić information content (AvgIpc) is 2.58. The molecule has 1 N–H and O–H groups in total. The van der Waals surface area contributed by atoms with Crippen LogP contribution in [-0.4, -0.2) is 40.0 Å². The Morgan fingerprint density at radius 3 is 2.87 bits per heavy atom. The lowest BCUT2D eigenvalue weighted by atomic mass is 9.93. The number of rotatable bonds is 5. The number of piperidine rings is 1. The normalized spacial score (nSPS) is 18.8. The van der Waals surface area contributed by atoms with Gasteiger partial charge in [0.1, 0.15) is 5.82 Å². The second-order valence-electron chi connectivity index (χ2n) is 6.36. The van der Waals surface area contributed by atoms with Crippen LogP contribution in [0.4, 0.5) is 5.82 Å². The predicted molar refractivity (Wildman–Crippen MR) is 92.3 cm³/mol. The first-order valence-corrected chi connectivity index (χ1v) is 8.36. The number of nitrogens with zero attached hydrogens (tertiary/aromatic N) is 4. The van der Waals surface area contributed by atoms with Crippen LogP contribution in [0.2, 0.25) is 0 Å². The highest BCUT2D eigenvalue weighted by Crippen LogP contribution is 2.23. The maximum Gasteiger partial charge on any atom is 0.147 e. The molecule has 3 rings (SSSR count). The lowest BCUT2D eigenvalue weighted by molar-refractivity contribution is 0.166. The fraction of sp³-hybridized carbons (Fsp3) is 0.500. The van der Waals surface area contributed by atoms with Crippen molar-refractivity contribution >= 4 is 5.82 Å². The fourth-order valence-electron chi connectivity index (χ4n) is 3.31. The summed E-state index contributed by atoms with van der Waals surface area (Å²) in [5.74, 6) is 1.55. The maximum absolute atomic E-state index is 4.51. The van der Waals surface area contributed by atoms with Crippen LogP contribution in [0.15, 0.2) is 30.7 Å². The van der Waals surface area contributed by atoms with Crippen molar-refractivity contribution in [1.29, 1.82) is 0 Å². The molecule has 0 bridgehead atoms. The summed E-state index contributed by atoms with van der Waals surface area (Å²) in [7, 11) is 1.91. The standard InChI is InChI=1S/C18H25N5/c1-14-5-6-16(11-22-14)13-23-9-3-4-15(12-23)10-17-18(19-2)21-8-7-20-17/h5-8,11,15H,3-4,9-10,12-13H2,1-2H3,(H,19,21). The van der Waals surface area contributed by atoms with Gasteiger partial charge in [0.2, 0.25) is 0 Å². The van der Waals surface area contributed by atoms with Gasteiger partial charge in [0, 0.05) is 44.4 Å². The number of aromatic nitrogens is 3. The number of hydrogen-bond donors (Lipinski definition) is 1. The van der Waals surface area contributed by atoms with Gasteiger partial charge in [0.05, 0.1) is 5.69 Å². The van der Waals surface area contributed by atoms with E-state index in [2.05, 4.69) is 37.3 Å². The lowest BCUT2D eigenvalue weighted by Gasteiger charge is -2.32. The van der Waals surface area contributed by atoms with E-state index in [1.807, 2.05) is 20.2 Å². The zero-order valence-corrected chi connectivity index (χ0v) is 14.0. The van der Waals surface area contributed by atoms with Crippen LogP contribution in [0.25, 0.3) is 0 Å². The van der Waals surface area contributed by atoms with Gasteiger partial charge in [0.15, 0.2) is 0 Å². The molecular formula is C18H25N5. The van der Waals surface area contributed by atoms with Crippen LogP contribution < -0.4 is 5.32 Å². The Morgan fingerprint density at radius 2 is 2.09 bits per heavy atom. The Balaban J connectivity index is 1.60. The van der Waals surface area contributed by atoms with E-state index < -0.39 is 0 Å². The van der Waals surface area contributed by atoms with E-state index in [-0.39, 0.29) is 0 Å². The van der Waals surface area contributed by atoms with E-state index in [0.717, 1.165) is 36.7 Å². The van der Waals surface area contributed by atoms with Gasteiger partial charge in [-0.05, 0) is 50.3 Å². The maximum atomic E-state index is 4.51. The summed E-state index contributed by atoms with van der Waals surface area (Å²) in [6, 6.07) is 4.28. The highest BCUT2D eigenvalue weighted by molar-refractivity contribution is 5.38. The fourth-order valence-corrected chi connectivity index (χ4v) is 3.31.